The van der Waals surface area contributed by atoms with Crippen molar-refractivity contribution in [3.8, 4) is 11.5 Å². The molecule has 39 heavy (non-hydrogen) atoms. The molecule has 1 aliphatic heterocycles. The van der Waals surface area contributed by atoms with Crippen molar-refractivity contribution in [2.75, 3.05) is 18.6 Å². The van der Waals surface area contributed by atoms with Crippen LogP contribution in [0.15, 0.2) is 69.9 Å². The van der Waals surface area contributed by atoms with Crippen molar-refractivity contribution < 1.29 is 27.9 Å². The van der Waals surface area contributed by atoms with Crippen LogP contribution in [0.3, 0.4) is 0 Å². The number of Topliss-reactive ketones (excluding diaryl/α,β-unsaturated/α-hetero) is 1. The Labute approximate surface area is 224 Å². The molecule has 8 heteroatoms. The number of hydrogen-bond donors (Lipinski definition) is 0. The van der Waals surface area contributed by atoms with Gasteiger partial charge in [0.05, 0.1) is 30.7 Å². The van der Waals surface area contributed by atoms with Gasteiger partial charge in [-0.05, 0) is 73.5 Å². The Morgan fingerprint density at radius 1 is 1.00 bits per heavy atom. The van der Waals surface area contributed by atoms with E-state index in [1.165, 1.54) is 31.1 Å². The summed E-state index contributed by atoms with van der Waals surface area (Å²) in [5, 5.41) is 0.0446. The van der Waals surface area contributed by atoms with E-state index in [1.807, 2.05) is 0 Å². The minimum absolute atomic E-state index is 0.0446. The first-order valence-electron chi connectivity index (χ1n) is 12.9. The Morgan fingerprint density at radius 2 is 1.77 bits per heavy atom. The average molecular weight is 530 g/mol. The number of hydrogen-bond acceptors (Lipinski definition) is 6. The van der Waals surface area contributed by atoms with Crippen LogP contribution in [0.2, 0.25) is 0 Å². The van der Waals surface area contributed by atoms with E-state index in [9.17, 15) is 18.8 Å². The molecule has 1 aliphatic rings. The lowest BCUT2D eigenvalue weighted by Gasteiger charge is -2.26. The Bertz CT molecular complexity index is 1630. The number of ether oxygens (including phenoxy) is 2. The summed E-state index contributed by atoms with van der Waals surface area (Å²) in [5.41, 5.74) is 1.27. The van der Waals surface area contributed by atoms with E-state index in [0.717, 1.165) is 25.3 Å². The van der Waals surface area contributed by atoms with Crippen LogP contribution in [0.5, 0.6) is 11.5 Å². The van der Waals surface area contributed by atoms with E-state index in [-0.39, 0.29) is 28.1 Å². The van der Waals surface area contributed by atoms with E-state index in [2.05, 4.69) is 6.92 Å². The van der Waals surface area contributed by atoms with Crippen LogP contribution < -0.4 is 19.8 Å². The van der Waals surface area contributed by atoms with Gasteiger partial charge in [-0.25, -0.2) is 4.39 Å². The van der Waals surface area contributed by atoms with E-state index in [0.29, 0.717) is 34.9 Å². The Balaban J connectivity index is 1.67. The molecule has 0 spiro atoms. The van der Waals surface area contributed by atoms with Gasteiger partial charge in [0.25, 0.3) is 5.91 Å². The van der Waals surface area contributed by atoms with Gasteiger partial charge in [-0.2, -0.15) is 0 Å². The van der Waals surface area contributed by atoms with E-state index >= 15 is 0 Å². The third kappa shape index (κ3) is 4.78. The minimum Gasteiger partial charge on any atom is -0.493 e. The number of methoxy groups -OCH3 is 1. The fraction of sp³-hybridized carbons (Fsp3) is 0.258. The molecule has 0 saturated carbocycles. The highest BCUT2D eigenvalue weighted by molar-refractivity contribution is 6.11. The van der Waals surface area contributed by atoms with Crippen molar-refractivity contribution in [1.82, 2.24) is 0 Å². The molecule has 1 amide bonds. The second-order valence-corrected chi connectivity index (χ2v) is 9.46. The molecule has 0 aliphatic carbocycles. The number of rotatable bonds is 9. The Morgan fingerprint density at radius 3 is 2.46 bits per heavy atom. The van der Waals surface area contributed by atoms with Crippen molar-refractivity contribution in [3.05, 3.63) is 99.2 Å². The van der Waals surface area contributed by atoms with E-state index in [1.54, 1.807) is 42.5 Å². The normalized spacial score (nSPS) is 14.5. The highest BCUT2D eigenvalue weighted by atomic mass is 19.1. The number of halogens is 1. The summed E-state index contributed by atoms with van der Waals surface area (Å²) < 4.78 is 31.5. The molecule has 7 nitrogen and oxygen atoms in total. The molecule has 2 heterocycles. The van der Waals surface area contributed by atoms with Crippen LogP contribution in [-0.2, 0) is 0 Å². The molecule has 0 N–H and O–H groups in total. The number of ketones is 1. The molecule has 0 radical (unpaired) electrons. The lowest BCUT2D eigenvalue weighted by molar-refractivity contribution is 0.0970. The number of unbranched alkanes of at least 4 members (excludes halogenated alkanes) is 2. The highest BCUT2D eigenvalue weighted by Gasteiger charge is 2.44. The first-order valence-corrected chi connectivity index (χ1v) is 12.9. The largest absolute Gasteiger partial charge is 0.493 e. The topological polar surface area (TPSA) is 86.0 Å². The lowest BCUT2D eigenvalue weighted by Crippen LogP contribution is -2.29. The number of benzene rings is 3. The van der Waals surface area contributed by atoms with Gasteiger partial charge in [0, 0.05) is 11.3 Å². The third-order valence-electron chi connectivity index (χ3n) is 6.89. The number of nitrogens with zero attached hydrogens (tertiary/aromatic N) is 1. The maximum absolute atomic E-state index is 14.1. The molecular formula is C31H28FNO6. The van der Waals surface area contributed by atoms with Gasteiger partial charge in [-0.3, -0.25) is 19.3 Å². The summed E-state index contributed by atoms with van der Waals surface area (Å²) in [4.78, 5) is 40.8. The predicted molar refractivity (Wildman–Crippen MR) is 146 cm³/mol. The number of fused-ring (bicyclic) bond motifs is 2. The standard InChI is InChI=1S/C31H28FNO6/c1-4-5-6-15-38-25-13-9-20(16-26(25)37-3)28-27-29(35)23-17-21(32)10-14-24(23)39-30(27)31(36)33(28)22-11-7-19(8-12-22)18(2)34/h7-14,16-17,28H,4-6,15H2,1-3H3. The molecule has 0 bridgehead atoms. The van der Waals surface area contributed by atoms with E-state index in [4.69, 9.17) is 13.9 Å². The minimum atomic E-state index is -0.886. The predicted octanol–water partition coefficient (Wildman–Crippen LogP) is 6.46. The summed E-state index contributed by atoms with van der Waals surface area (Å²) in [6.45, 7) is 4.10. The van der Waals surface area contributed by atoms with Crippen LogP contribution in [-0.4, -0.2) is 25.4 Å². The van der Waals surface area contributed by atoms with Crippen LogP contribution in [0.1, 0.15) is 71.2 Å². The number of amides is 1. The van der Waals surface area contributed by atoms with Gasteiger partial charge in [-0.15, -0.1) is 0 Å². The summed E-state index contributed by atoms with van der Waals surface area (Å²) in [7, 11) is 1.52. The number of carbonyl (C=O) groups excluding carboxylic acids is 2. The number of anilines is 1. The van der Waals surface area contributed by atoms with Crippen molar-refractivity contribution in [2.24, 2.45) is 0 Å². The molecule has 5 rings (SSSR count). The maximum Gasteiger partial charge on any atom is 0.295 e. The van der Waals surface area contributed by atoms with E-state index < -0.39 is 23.2 Å². The second-order valence-electron chi connectivity index (χ2n) is 9.46. The first-order chi connectivity index (χ1) is 18.8. The van der Waals surface area contributed by atoms with Crippen molar-refractivity contribution in [1.29, 1.82) is 0 Å². The Hall–Kier alpha value is -4.46. The number of carbonyl (C=O) groups is 2. The molecule has 0 saturated heterocycles. The summed E-state index contributed by atoms with van der Waals surface area (Å²) in [5.74, 6) is -0.330. The monoisotopic (exact) mass is 529 g/mol. The summed E-state index contributed by atoms with van der Waals surface area (Å²) >= 11 is 0. The second kappa shape index (κ2) is 10.7. The molecule has 3 aromatic carbocycles. The van der Waals surface area contributed by atoms with Gasteiger partial charge in [0.15, 0.2) is 22.7 Å². The summed E-state index contributed by atoms with van der Waals surface area (Å²) in [6, 6.07) is 14.6. The van der Waals surface area contributed by atoms with Crippen LogP contribution in [0.25, 0.3) is 11.0 Å². The maximum atomic E-state index is 14.1. The quantitative estimate of drug-likeness (QED) is 0.183. The zero-order valence-electron chi connectivity index (χ0n) is 22.0. The molecule has 1 unspecified atom stereocenters. The lowest BCUT2D eigenvalue weighted by atomic mass is 9.97. The van der Waals surface area contributed by atoms with Gasteiger partial charge in [0.1, 0.15) is 11.4 Å². The molecular weight excluding hydrogens is 501 g/mol. The molecule has 4 aromatic rings. The molecule has 200 valence electrons. The van der Waals surface area contributed by atoms with Crippen LogP contribution >= 0.6 is 0 Å². The SMILES string of the molecule is CCCCCOc1ccc(C2c3c(oc4ccc(F)cc4c3=O)C(=O)N2c2ccc(C(C)=O)cc2)cc1OC. The smallest absolute Gasteiger partial charge is 0.295 e. The third-order valence-corrected chi connectivity index (χ3v) is 6.89. The zero-order valence-corrected chi connectivity index (χ0v) is 22.0. The van der Waals surface area contributed by atoms with Crippen LogP contribution in [0.4, 0.5) is 10.1 Å². The van der Waals surface area contributed by atoms with Crippen molar-refractivity contribution in [3.63, 3.8) is 0 Å². The van der Waals surface area contributed by atoms with Crippen molar-refractivity contribution in [2.45, 2.75) is 39.2 Å². The summed E-state index contributed by atoms with van der Waals surface area (Å²) in [6.07, 6.45) is 3.02. The molecule has 0 fully saturated rings. The van der Waals surface area contributed by atoms with Crippen LogP contribution in [0, 0.1) is 5.82 Å². The fourth-order valence-electron chi connectivity index (χ4n) is 4.89. The molecule has 1 atom stereocenters. The van der Waals surface area contributed by atoms with Gasteiger partial charge < -0.3 is 13.9 Å². The van der Waals surface area contributed by atoms with Gasteiger partial charge >= 0.3 is 0 Å². The van der Waals surface area contributed by atoms with Crippen molar-refractivity contribution >= 4 is 28.3 Å². The Kier molecular flexibility index (Phi) is 7.19. The average Bonchev–Trinajstić information content (AvgIpc) is 3.23. The zero-order chi connectivity index (χ0) is 27.7. The van der Waals surface area contributed by atoms with Gasteiger partial charge in [-0.1, -0.05) is 25.8 Å². The fourth-order valence-corrected chi connectivity index (χ4v) is 4.89. The highest BCUT2D eigenvalue weighted by Crippen LogP contribution is 2.43. The first kappa shape index (κ1) is 26.2. The van der Waals surface area contributed by atoms with Gasteiger partial charge in [0.2, 0.25) is 5.76 Å². The molecule has 1 aromatic heterocycles.